The van der Waals surface area contributed by atoms with Crippen LogP contribution in [0.3, 0.4) is 0 Å². The van der Waals surface area contributed by atoms with Gasteiger partial charge in [-0.2, -0.15) is 0 Å². The van der Waals surface area contributed by atoms with Crippen molar-refractivity contribution >= 4 is 15.9 Å². The average molecular weight is 283 g/mol. The first-order valence-electron chi connectivity index (χ1n) is 5.89. The number of halogens is 1. The quantitative estimate of drug-likeness (QED) is 0.786. The summed E-state index contributed by atoms with van der Waals surface area (Å²) in [7, 11) is 0. The van der Waals surface area contributed by atoms with Gasteiger partial charge < -0.3 is 11.1 Å². The Kier molecular flexibility index (Phi) is 4.00. The lowest BCUT2D eigenvalue weighted by Gasteiger charge is -2.13. The predicted molar refractivity (Wildman–Crippen MR) is 71.4 cm³/mol. The highest BCUT2D eigenvalue weighted by Gasteiger charge is 2.40. The SMILES string of the molecule is NCC1(CNCCc2cccc(Br)c2)CC1. The van der Waals surface area contributed by atoms with Crippen LogP contribution >= 0.6 is 15.9 Å². The molecule has 1 aromatic rings. The van der Waals surface area contributed by atoms with E-state index in [2.05, 4.69) is 45.5 Å². The zero-order valence-electron chi connectivity index (χ0n) is 9.51. The van der Waals surface area contributed by atoms with Crippen molar-refractivity contribution < 1.29 is 0 Å². The molecule has 16 heavy (non-hydrogen) atoms. The molecule has 1 aliphatic rings. The molecule has 0 aliphatic heterocycles. The summed E-state index contributed by atoms with van der Waals surface area (Å²) in [6.07, 6.45) is 3.68. The van der Waals surface area contributed by atoms with Crippen LogP contribution < -0.4 is 11.1 Å². The van der Waals surface area contributed by atoms with Gasteiger partial charge >= 0.3 is 0 Å². The van der Waals surface area contributed by atoms with Crippen molar-refractivity contribution in [2.75, 3.05) is 19.6 Å². The normalized spacial score (nSPS) is 17.4. The Morgan fingerprint density at radius 1 is 1.38 bits per heavy atom. The summed E-state index contributed by atoms with van der Waals surface area (Å²) < 4.78 is 1.16. The maximum absolute atomic E-state index is 5.74. The molecule has 0 radical (unpaired) electrons. The van der Waals surface area contributed by atoms with E-state index in [9.17, 15) is 0 Å². The molecule has 1 saturated carbocycles. The zero-order chi connectivity index (χ0) is 11.4. The van der Waals surface area contributed by atoms with Gasteiger partial charge in [0.25, 0.3) is 0 Å². The van der Waals surface area contributed by atoms with E-state index in [1.165, 1.54) is 18.4 Å². The maximum atomic E-state index is 5.74. The second-order valence-corrected chi connectivity index (χ2v) is 5.68. The second kappa shape index (κ2) is 5.30. The molecule has 1 aliphatic carbocycles. The molecule has 0 atom stereocenters. The van der Waals surface area contributed by atoms with Crippen LogP contribution in [0, 0.1) is 5.41 Å². The third kappa shape index (κ3) is 3.30. The topological polar surface area (TPSA) is 38.0 Å². The Morgan fingerprint density at radius 2 is 2.19 bits per heavy atom. The summed E-state index contributed by atoms with van der Waals surface area (Å²) in [5, 5.41) is 3.51. The molecular weight excluding hydrogens is 264 g/mol. The fraction of sp³-hybridized carbons (Fsp3) is 0.538. The van der Waals surface area contributed by atoms with Crippen LogP contribution in [-0.2, 0) is 6.42 Å². The van der Waals surface area contributed by atoms with Crippen LogP contribution in [0.1, 0.15) is 18.4 Å². The minimum atomic E-state index is 0.442. The van der Waals surface area contributed by atoms with E-state index < -0.39 is 0 Å². The van der Waals surface area contributed by atoms with Gasteiger partial charge in [-0.05, 0) is 55.5 Å². The van der Waals surface area contributed by atoms with Gasteiger partial charge in [0.05, 0.1) is 0 Å². The van der Waals surface area contributed by atoms with Gasteiger partial charge in [-0.1, -0.05) is 28.1 Å². The van der Waals surface area contributed by atoms with E-state index >= 15 is 0 Å². The van der Waals surface area contributed by atoms with Gasteiger partial charge in [0.15, 0.2) is 0 Å². The van der Waals surface area contributed by atoms with Gasteiger partial charge in [0, 0.05) is 11.0 Å². The van der Waals surface area contributed by atoms with E-state index in [4.69, 9.17) is 5.73 Å². The first kappa shape index (κ1) is 12.1. The summed E-state index contributed by atoms with van der Waals surface area (Å²) >= 11 is 3.49. The number of hydrogen-bond acceptors (Lipinski definition) is 2. The molecular formula is C13H19BrN2. The lowest BCUT2D eigenvalue weighted by Crippen LogP contribution is -2.30. The molecule has 2 rings (SSSR count). The van der Waals surface area contributed by atoms with E-state index in [1.54, 1.807) is 0 Å². The van der Waals surface area contributed by atoms with Crippen LogP contribution in [0.15, 0.2) is 28.7 Å². The minimum absolute atomic E-state index is 0.442. The minimum Gasteiger partial charge on any atom is -0.330 e. The van der Waals surface area contributed by atoms with E-state index in [0.717, 1.165) is 30.5 Å². The van der Waals surface area contributed by atoms with Crippen molar-refractivity contribution in [2.24, 2.45) is 11.1 Å². The van der Waals surface area contributed by atoms with Crippen LogP contribution in [0.5, 0.6) is 0 Å². The third-order valence-corrected chi connectivity index (χ3v) is 3.86. The average Bonchev–Trinajstić information content (AvgIpc) is 3.05. The zero-order valence-corrected chi connectivity index (χ0v) is 11.1. The smallest absolute Gasteiger partial charge is 0.0178 e. The molecule has 0 spiro atoms. The van der Waals surface area contributed by atoms with Crippen LogP contribution in [0.4, 0.5) is 0 Å². The fourth-order valence-corrected chi connectivity index (χ4v) is 2.36. The van der Waals surface area contributed by atoms with Crippen molar-refractivity contribution in [3.8, 4) is 0 Å². The second-order valence-electron chi connectivity index (χ2n) is 4.76. The third-order valence-electron chi connectivity index (χ3n) is 3.37. The van der Waals surface area contributed by atoms with Crippen LogP contribution in [-0.4, -0.2) is 19.6 Å². The molecule has 2 nitrogen and oxygen atoms in total. The molecule has 88 valence electrons. The van der Waals surface area contributed by atoms with E-state index in [1.807, 2.05) is 0 Å². The number of nitrogens with one attached hydrogen (secondary N) is 1. The van der Waals surface area contributed by atoms with Crippen LogP contribution in [0.2, 0.25) is 0 Å². The Labute approximate surface area is 106 Å². The molecule has 1 aromatic carbocycles. The molecule has 0 bridgehead atoms. The Bertz CT molecular complexity index is 348. The summed E-state index contributed by atoms with van der Waals surface area (Å²) in [6.45, 7) is 2.95. The van der Waals surface area contributed by atoms with Crippen molar-refractivity contribution in [1.29, 1.82) is 0 Å². The highest BCUT2D eigenvalue weighted by molar-refractivity contribution is 9.10. The Hall–Kier alpha value is -0.380. The van der Waals surface area contributed by atoms with Gasteiger partial charge in [-0.25, -0.2) is 0 Å². The Morgan fingerprint density at radius 3 is 2.81 bits per heavy atom. The van der Waals surface area contributed by atoms with Crippen LogP contribution in [0.25, 0.3) is 0 Å². The molecule has 0 saturated heterocycles. The predicted octanol–water partition coefficient (Wildman–Crippen LogP) is 2.32. The van der Waals surface area contributed by atoms with Crippen molar-refractivity contribution in [2.45, 2.75) is 19.3 Å². The highest BCUT2D eigenvalue weighted by atomic mass is 79.9. The summed E-state index contributed by atoms with van der Waals surface area (Å²) in [6, 6.07) is 8.49. The van der Waals surface area contributed by atoms with Crippen molar-refractivity contribution in [1.82, 2.24) is 5.32 Å². The lowest BCUT2D eigenvalue weighted by molar-refractivity contribution is 0.470. The summed E-state index contributed by atoms with van der Waals surface area (Å²) in [5.41, 5.74) is 7.55. The number of nitrogens with two attached hydrogens (primary N) is 1. The molecule has 0 amide bonds. The van der Waals surface area contributed by atoms with E-state index in [-0.39, 0.29) is 0 Å². The monoisotopic (exact) mass is 282 g/mol. The first-order valence-corrected chi connectivity index (χ1v) is 6.69. The van der Waals surface area contributed by atoms with Gasteiger partial charge in [-0.3, -0.25) is 0 Å². The van der Waals surface area contributed by atoms with Gasteiger partial charge in [0.2, 0.25) is 0 Å². The van der Waals surface area contributed by atoms with E-state index in [0.29, 0.717) is 5.41 Å². The summed E-state index contributed by atoms with van der Waals surface area (Å²) in [4.78, 5) is 0. The summed E-state index contributed by atoms with van der Waals surface area (Å²) in [5.74, 6) is 0. The fourth-order valence-electron chi connectivity index (χ4n) is 1.91. The molecule has 3 N–H and O–H groups in total. The van der Waals surface area contributed by atoms with Crippen molar-refractivity contribution in [3.05, 3.63) is 34.3 Å². The molecule has 3 heteroatoms. The molecule has 1 fully saturated rings. The molecule has 0 heterocycles. The lowest BCUT2D eigenvalue weighted by atomic mass is 10.1. The first-order chi connectivity index (χ1) is 7.74. The maximum Gasteiger partial charge on any atom is 0.0178 e. The number of hydrogen-bond donors (Lipinski definition) is 2. The highest BCUT2D eigenvalue weighted by Crippen LogP contribution is 2.43. The van der Waals surface area contributed by atoms with Gasteiger partial charge in [-0.15, -0.1) is 0 Å². The standard InChI is InChI=1S/C13H19BrN2/c14-12-3-1-2-11(8-12)4-7-16-10-13(9-15)5-6-13/h1-3,8,16H,4-7,9-10,15H2. The number of rotatable bonds is 6. The molecule has 0 aromatic heterocycles. The largest absolute Gasteiger partial charge is 0.330 e. The molecule has 0 unspecified atom stereocenters. The number of benzene rings is 1. The van der Waals surface area contributed by atoms with Crippen molar-refractivity contribution in [3.63, 3.8) is 0 Å². The van der Waals surface area contributed by atoms with Gasteiger partial charge in [0.1, 0.15) is 0 Å². The Balaban J connectivity index is 1.68.